The minimum absolute atomic E-state index is 0.510. The van der Waals surface area contributed by atoms with E-state index in [9.17, 15) is 4.79 Å². The first-order valence-corrected chi connectivity index (χ1v) is 4.95. The van der Waals surface area contributed by atoms with Crippen LogP contribution in [0.15, 0.2) is 0 Å². The first-order valence-electron chi connectivity index (χ1n) is 4.95. The lowest BCUT2D eigenvalue weighted by Crippen LogP contribution is -2.66. The molecule has 3 aliphatic rings. The van der Waals surface area contributed by atoms with Gasteiger partial charge in [-0.25, -0.2) is 9.69 Å². The van der Waals surface area contributed by atoms with Gasteiger partial charge in [-0.05, 0) is 25.2 Å². The van der Waals surface area contributed by atoms with Gasteiger partial charge in [0.15, 0.2) is 0 Å². The molecule has 0 N–H and O–H groups in total. The number of hydrogen-bond donors (Lipinski definition) is 0. The Bertz CT molecular complexity index is 245. The third-order valence-corrected chi connectivity index (χ3v) is 3.35. The van der Waals surface area contributed by atoms with Crippen molar-refractivity contribution in [3.63, 3.8) is 0 Å². The van der Waals surface area contributed by atoms with Crippen molar-refractivity contribution in [2.75, 3.05) is 13.1 Å². The molecule has 0 aromatic carbocycles. The number of nitrogens with zero attached hydrogens (tertiary/aromatic N) is 1. The van der Waals surface area contributed by atoms with E-state index < -0.39 is 12.1 Å². The predicted molar refractivity (Wildman–Crippen MR) is 43.8 cm³/mol. The summed E-state index contributed by atoms with van der Waals surface area (Å²) in [5, 5.41) is 0. The van der Waals surface area contributed by atoms with Crippen molar-refractivity contribution in [3.8, 4) is 0 Å². The summed E-state index contributed by atoms with van der Waals surface area (Å²) < 4.78 is 10.2. The standard InChI is InChI=1S/C9H13NO3/c11-8-12-9(13-8)4-3-7-2-1-5-10(9)6-7/h7H,1-6H2. The molecule has 4 nitrogen and oxygen atoms in total. The van der Waals surface area contributed by atoms with E-state index in [1.807, 2.05) is 0 Å². The molecule has 0 saturated carbocycles. The van der Waals surface area contributed by atoms with Crippen molar-refractivity contribution in [1.29, 1.82) is 0 Å². The van der Waals surface area contributed by atoms with Crippen molar-refractivity contribution in [2.45, 2.75) is 31.6 Å². The maximum absolute atomic E-state index is 10.7. The average Bonchev–Trinajstić information content (AvgIpc) is 2.09. The molecule has 2 unspecified atom stereocenters. The van der Waals surface area contributed by atoms with Crippen molar-refractivity contribution < 1.29 is 14.3 Å². The molecule has 3 heterocycles. The van der Waals surface area contributed by atoms with Gasteiger partial charge in [0.05, 0.1) is 0 Å². The van der Waals surface area contributed by atoms with Gasteiger partial charge in [-0.1, -0.05) is 0 Å². The molecule has 0 amide bonds. The third-order valence-electron chi connectivity index (χ3n) is 3.35. The first kappa shape index (κ1) is 7.62. The molecule has 1 spiro atoms. The van der Waals surface area contributed by atoms with Gasteiger partial charge < -0.3 is 9.47 Å². The number of fused-ring (bicyclic) bond motifs is 3. The highest BCUT2D eigenvalue weighted by Crippen LogP contribution is 2.42. The van der Waals surface area contributed by atoms with E-state index in [1.54, 1.807) is 0 Å². The van der Waals surface area contributed by atoms with Crippen LogP contribution in [-0.4, -0.2) is 30.1 Å². The van der Waals surface area contributed by atoms with Gasteiger partial charge >= 0.3 is 12.1 Å². The SMILES string of the molecule is O=C1OC2(CCC3CCCN2C3)O1. The molecule has 3 aliphatic heterocycles. The number of carbonyl (C=O) groups is 1. The number of carbonyl (C=O) groups excluding carboxylic acids is 1. The lowest BCUT2D eigenvalue weighted by molar-refractivity contribution is -0.364. The van der Waals surface area contributed by atoms with E-state index in [0.29, 0.717) is 0 Å². The zero-order valence-corrected chi connectivity index (χ0v) is 7.49. The van der Waals surface area contributed by atoms with Crippen molar-refractivity contribution in [1.82, 2.24) is 4.90 Å². The Morgan fingerprint density at radius 1 is 1.38 bits per heavy atom. The van der Waals surface area contributed by atoms with Gasteiger partial charge in [-0.3, -0.25) is 0 Å². The van der Waals surface area contributed by atoms with Crippen LogP contribution in [0.4, 0.5) is 4.79 Å². The monoisotopic (exact) mass is 183 g/mol. The molecule has 0 radical (unpaired) electrons. The van der Waals surface area contributed by atoms with Gasteiger partial charge in [0, 0.05) is 19.5 Å². The van der Waals surface area contributed by atoms with E-state index in [2.05, 4.69) is 4.90 Å². The number of piperidine rings is 2. The van der Waals surface area contributed by atoms with Gasteiger partial charge in [-0.15, -0.1) is 0 Å². The molecule has 2 atom stereocenters. The summed E-state index contributed by atoms with van der Waals surface area (Å²) in [5.41, 5.74) is 0. The van der Waals surface area contributed by atoms with Gasteiger partial charge in [0.1, 0.15) is 0 Å². The van der Waals surface area contributed by atoms with Crippen LogP contribution in [-0.2, 0) is 9.47 Å². The quantitative estimate of drug-likeness (QED) is 0.531. The molecule has 4 heteroatoms. The second kappa shape index (κ2) is 2.38. The fourth-order valence-corrected chi connectivity index (χ4v) is 2.65. The number of ether oxygens (including phenoxy) is 2. The smallest absolute Gasteiger partial charge is 0.376 e. The lowest BCUT2D eigenvalue weighted by Gasteiger charge is -2.52. The second-order valence-corrected chi connectivity index (χ2v) is 4.16. The molecule has 13 heavy (non-hydrogen) atoms. The first-order chi connectivity index (χ1) is 6.28. The van der Waals surface area contributed by atoms with Crippen LogP contribution in [0.1, 0.15) is 25.7 Å². The van der Waals surface area contributed by atoms with Crippen LogP contribution < -0.4 is 0 Å². The zero-order chi connectivity index (χ0) is 8.89. The molecular weight excluding hydrogens is 170 g/mol. The van der Waals surface area contributed by atoms with Crippen LogP contribution in [0.3, 0.4) is 0 Å². The van der Waals surface area contributed by atoms with Crippen molar-refractivity contribution >= 4 is 6.16 Å². The highest BCUT2D eigenvalue weighted by atomic mass is 16.9. The van der Waals surface area contributed by atoms with E-state index >= 15 is 0 Å². The van der Waals surface area contributed by atoms with E-state index in [-0.39, 0.29) is 0 Å². The Morgan fingerprint density at radius 2 is 2.23 bits per heavy atom. The van der Waals surface area contributed by atoms with Crippen molar-refractivity contribution in [3.05, 3.63) is 0 Å². The average molecular weight is 183 g/mol. The maximum Gasteiger partial charge on any atom is 0.517 e. The van der Waals surface area contributed by atoms with E-state index in [1.165, 1.54) is 12.8 Å². The van der Waals surface area contributed by atoms with Gasteiger partial charge in [0.25, 0.3) is 0 Å². The summed E-state index contributed by atoms with van der Waals surface area (Å²) in [5.74, 6) is 0.149. The Balaban J connectivity index is 1.79. The van der Waals surface area contributed by atoms with Gasteiger partial charge in [0.2, 0.25) is 0 Å². The Labute approximate surface area is 76.8 Å². The Kier molecular flexibility index (Phi) is 1.39. The van der Waals surface area contributed by atoms with Crippen LogP contribution >= 0.6 is 0 Å². The molecule has 3 saturated heterocycles. The number of hydrogen-bond acceptors (Lipinski definition) is 4. The third kappa shape index (κ3) is 0.981. The minimum Gasteiger partial charge on any atom is -0.376 e. The Morgan fingerprint density at radius 3 is 3.00 bits per heavy atom. The Hall–Kier alpha value is -0.770. The van der Waals surface area contributed by atoms with Crippen LogP contribution in [0, 0.1) is 5.92 Å². The summed E-state index contributed by atoms with van der Waals surface area (Å²) in [7, 11) is 0. The molecule has 0 aromatic rings. The van der Waals surface area contributed by atoms with Crippen molar-refractivity contribution in [2.24, 2.45) is 5.92 Å². The molecule has 2 bridgehead atoms. The fourth-order valence-electron chi connectivity index (χ4n) is 2.65. The molecule has 0 aromatic heterocycles. The fraction of sp³-hybridized carbons (Fsp3) is 0.889. The molecule has 72 valence electrons. The zero-order valence-electron chi connectivity index (χ0n) is 7.49. The molecule has 3 fully saturated rings. The van der Waals surface area contributed by atoms with Gasteiger partial charge in [-0.2, -0.15) is 0 Å². The van der Waals surface area contributed by atoms with E-state index in [4.69, 9.17) is 9.47 Å². The summed E-state index contributed by atoms with van der Waals surface area (Å²) in [6, 6.07) is 0. The second-order valence-electron chi connectivity index (χ2n) is 4.16. The number of rotatable bonds is 0. The summed E-state index contributed by atoms with van der Waals surface area (Å²) in [6.07, 6.45) is 3.99. The summed E-state index contributed by atoms with van der Waals surface area (Å²) in [4.78, 5) is 12.8. The molecule has 3 rings (SSSR count). The van der Waals surface area contributed by atoms with Crippen LogP contribution in [0.25, 0.3) is 0 Å². The predicted octanol–water partition coefficient (Wildman–Crippen LogP) is 1.31. The lowest BCUT2D eigenvalue weighted by atomic mass is 9.87. The highest BCUT2D eigenvalue weighted by molar-refractivity contribution is 5.65. The summed E-state index contributed by atoms with van der Waals surface area (Å²) in [6.45, 7) is 2.04. The molecular formula is C9H13NO3. The molecule has 0 aliphatic carbocycles. The normalized spacial score (nSPS) is 40.5. The maximum atomic E-state index is 10.7. The minimum atomic E-state index is -0.645. The summed E-state index contributed by atoms with van der Waals surface area (Å²) >= 11 is 0. The van der Waals surface area contributed by atoms with Crippen LogP contribution in [0.2, 0.25) is 0 Å². The largest absolute Gasteiger partial charge is 0.517 e. The van der Waals surface area contributed by atoms with E-state index in [0.717, 1.165) is 31.8 Å². The van der Waals surface area contributed by atoms with Crippen LogP contribution in [0.5, 0.6) is 0 Å². The topological polar surface area (TPSA) is 38.8 Å². The highest BCUT2D eigenvalue weighted by Gasteiger charge is 2.56.